The molecule has 0 saturated carbocycles. The largest absolute Gasteiger partial charge is 0.503 e. The highest BCUT2D eigenvalue weighted by Gasteiger charge is 2.46. The van der Waals surface area contributed by atoms with E-state index in [0.29, 0.717) is 40.8 Å². The molecule has 1 aromatic rings. The molecular weight excluding hydrogens is 462 g/mol. The topological polar surface area (TPSA) is 85.2 Å². The molecule has 0 bridgehead atoms. The van der Waals surface area contributed by atoms with Gasteiger partial charge in [-0.1, -0.05) is 27.2 Å². The Labute approximate surface area is 191 Å². The third-order valence-electron chi connectivity index (χ3n) is 5.93. The fraction of sp³-hybridized carbons (Fsp3) is 0.542. The summed E-state index contributed by atoms with van der Waals surface area (Å²) in [6, 6.07) is 3.43. The summed E-state index contributed by atoms with van der Waals surface area (Å²) in [6.45, 7) is 8.30. The molecule has 1 aromatic carbocycles. The highest BCUT2D eigenvalue weighted by atomic mass is 79.9. The van der Waals surface area contributed by atoms with Crippen LogP contribution in [0.25, 0.3) is 0 Å². The van der Waals surface area contributed by atoms with Crippen LogP contribution in [0.5, 0.6) is 11.5 Å². The number of benzene rings is 1. The molecule has 0 fully saturated rings. The number of nitrogens with zero attached hydrogens (tertiary/aromatic N) is 1. The van der Waals surface area contributed by atoms with Crippen LogP contribution in [-0.4, -0.2) is 36.3 Å². The quantitative estimate of drug-likeness (QED) is 0.429. The van der Waals surface area contributed by atoms with Crippen molar-refractivity contribution >= 4 is 33.4 Å². The normalized spacial score (nSPS) is 22.6. The smallest absolute Gasteiger partial charge is 0.315 e. The number of phenols is 1. The van der Waals surface area contributed by atoms with E-state index in [4.69, 9.17) is 14.5 Å². The van der Waals surface area contributed by atoms with E-state index in [9.17, 15) is 14.7 Å². The summed E-state index contributed by atoms with van der Waals surface area (Å²) in [5.74, 6) is -1.39. The molecule has 0 saturated heterocycles. The number of hydrogen-bond acceptors (Lipinski definition) is 6. The molecule has 1 aliphatic heterocycles. The van der Waals surface area contributed by atoms with Gasteiger partial charge in [-0.3, -0.25) is 14.6 Å². The number of rotatable bonds is 6. The Bertz CT molecular complexity index is 963. The molecule has 0 aromatic heterocycles. The van der Waals surface area contributed by atoms with Crippen LogP contribution in [0.4, 0.5) is 0 Å². The number of ether oxygens (including phenoxy) is 2. The summed E-state index contributed by atoms with van der Waals surface area (Å²) in [5, 5.41) is 10.3. The van der Waals surface area contributed by atoms with E-state index in [2.05, 4.69) is 29.8 Å². The Balaban J connectivity index is 2.16. The van der Waals surface area contributed by atoms with E-state index in [1.807, 2.05) is 13.8 Å². The average molecular weight is 492 g/mol. The van der Waals surface area contributed by atoms with Crippen LogP contribution in [0.1, 0.15) is 64.9 Å². The minimum Gasteiger partial charge on any atom is -0.503 e. The Morgan fingerprint density at radius 1 is 1.32 bits per heavy atom. The van der Waals surface area contributed by atoms with Gasteiger partial charge in [0.25, 0.3) is 0 Å². The van der Waals surface area contributed by atoms with Crippen molar-refractivity contribution in [2.75, 3.05) is 13.7 Å². The number of carbonyl (C=O) groups excluding carboxylic acids is 2. The number of aromatic hydroxyl groups is 1. The fourth-order valence-corrected chi connectivity index (χ4v) is 4.91. The van der Waals surface area contributed by atoms with Crippen molar-refractivity contribution < 1.29 is 24.2 Å². The first-order chi connectivity index (χ1) is 14.6. The molecule has 0 amide bonds. The molecule has 2 atom stereocenters. The van der Waals surface area contributed by atoms with E-state index in [1.165, 1.54) is 7.11 Å². The number of phenolic OH excluding ortho intramolecular Hbond substituents is 1. The highest BCUT2D eigenvalue weighted by molar-refractivity contribution is 9.10. The van der Waals surface area contributed by atoms with E-state index in [0.717, 1.165) is 18.5 Å². The second-order valence-corrected chi connectivity index (χ2v) is 9.94. The number of aliphatic imine (C=N–C) groups is 1. The summed E-state index contributed by atoms with van der Waals surface area (Å²) < 4.78 is 11.3. The Kier molecular flexibility index (Phi) is 6.94. The van der Waals surface area contributed by atoms with E-state index in [-0.39, 0.29) is 28.7 Å². The average Bonchev–Trinajstić information content (AvgIpc) is 2.68. The zero-order valence-corrected chi connectivity index (χ0v) is 20.3. The second kappa shape index (κ2) is 9.15. The predicted octanol–water partition coefficient (Wildman–Crippen LogP) is 5.32. The van der Waals surface area contributed by atoms with Gasteiger partial charge in [0, 0.05) is 29.3 Å². The van der Waals surface area contributed by atoms with Crippen LogP contribution in [0.2, 0.25) is 0 Å². The number of halogens is 1. The van der Waals surface area contributed by atoms with Crippen molar-refractivity contribution in [1.29, 1.82) is 0 Å². The zero-order valence-electron chi connectivity index (χ0n) is 18.8. The molecule has 1 unspecified atom stereocenters. The van der Waals surface area contributed by atoms with Gasteiger partial charge in [0.15, 0.2) is 17.3 Å². The van der Waals surface area contributed by atoms with Crippen molar-refractivity contribution in [2.45, 2.75) is 59.3 Å². The number of esters is 1. The van der Waals surface area contributed by atoms with Crippen molar-refractivity contribution in [1.82, 2.24) is 0 Å². The number of methoxy groups -OCH3 is 1. The van der Waals surface area contributed by atoms with E-state index >= 15 is 0 Å². The zero-order chi connectivity index (χ0) is 22.9. The summed E-state index contributed by atoms with van der Waals surface area (Å²) in [4.78, 5) is 31.2. The maximum Gasteiger partial charge on any atom is 0.315 e. The fourth-order valence-electron chi connectivity index (χ4n) is 4.45. The van der Waals surface area contributed by atoms with Gasteiger partial charge in [-0.25, -0.2) is 0 Å². The molecule has 0 radical (unpaired) electrons. The first kappa shape index (κ1) is 23.5. The monoisotopic (exact) mass is 491 g/mol. The van der Waals surface area contributed by atoms with Crippen molar-refractivity contribution in [3.63, 3.8) is 0 Å². The van der Waals surface area contributed by atoms with E-state index < -0.39 is 11.8 Å². The molecule has 168 valence electrons. The molecule has 0 spiro atoms. The van der Waals surface area contributed by atoms with Crippen LogP contribution in [-0.2, 0) is 14.3 Å². The molecule has 1 heterocycles. The van der Waals surface area contributed by atoms with Gasteiger partial charge < -0.3 is 14.6 Å². The lowest BCUT2D eigenvalue weighted by molar-refractivity contribution is -0.146. The summed E-state index contributed by atoms with van der Waals surface area (Å²) >= 11 is 3.37. The van der Waals surface area contributed by atoms with Crippen LogP contribution in [0.3, 0.4) is 0 Å². The lowest BCUT2D eigenvalue weighted by Gasteiger charge is -2.39. The lowest BCUT2D eigenvalue weighted by Crippen LogP contribution is -2.39. The Morgan fingerprint density at radius 2 is 2.03 bits per heavy atom. The first-order valence-electron chi connectivity index (χ1n) is 10.6. The van der Waals surface area contributed by atoms with Crippen LogP contribution in [0.15, 0.2) is 32.9 Å². The van der Waals surface area contributed by atoms with Crippen LogP contribution < -0.4 is 4.74 Å². The maximum atomic E-state index is 13.3. The molecule has 3 rings (SSSR count). The number of unbranched alkanes of at least 4 members (excludes halogenated alkanes) is 1. The van der Waals surface area contributed by atoms with Crippen LogP contribution in [0, 0.1) is 11.3 Å². The highest BCUT2D eigenvalue weighted by Crippen LogP contribution is 2.49. The number of hydrogen-bond donors (Lipinski definition) is 1. The van der Waals surface area contributed by atoms with Gasteiger partial charge in [0.05, 0.1) is 18.2 Å². The summed E-state index contributed by atoms with van der Waals surface area (Å²) in [7, 11) is 1.47. The Morgan fingerprint density at radius 3 is 2.68 bits per heavy atom. The molecule has 31 heavy (non-hydrogen) atoms. The van der Waals surface area contributed by atoms with Crippen molar-refractivity contribution in [2.24, 2.45) is 16.3 Å². The molecular formula is C24H30BrNO5. The molecule has 2 aliphatic rings. The molecule has 7 heteroatoms. The molecule has 1 aliphatic carbocycles. The second-order valence-electron chi connectivity index (χ2n) is 9.08. The van der Waals surface area contributed by atoms with Crippen molar-refractivity contribution in [3.8, 4) is 11.5 Å². The van der Waals surface area contributed by atoms with Gasteiger partial charge in [-0.05, 0) is 58.8 Å². The molecule has 1 N–H and O–H groups in total. The molecule has 6 nitrogen and oxygen atoms in total. The number of carbonyl (C=O) groups is 2. The predicted molar refractivity (Wildman–Crippen MR) is 123 cm³/mol. The lowest BCUT2D eigenvalue weighted by atomic mass is 9.67. The van der Waals surface area contributed by atoms with Gasteiger partial charge in [-0.15, -0.1) is 0 Å². The minimum atomic E-state index is -0.707. The third-order valence-corrected chi connectivity index (χ3v) is 6.53. The van der Waals surface area contributed by atoms with Crippen LogP contribution >= 0.6 is 15.9 Å². The summed E-state index contributed by atoms with van der Waals surface area (Å²) in [6.07, 6.45) is 2.75. The summed E-state index contributed by atoms with van der Waals surface area (Å²) in [5.41, 5.74) is 2.46. The minimum absolute atomic E-state index is 0.00187. The van der Waals surface area contributed by atoms with Gasteiger partial charge in [0.2, 0.25) is 0 Å². The number of allylic oxidation sites excluding steroid dienone is 2. The standard InChI is InChI=1S/C24H30BrNO5/c1-6-7-8-31-23(29)19-13(2)26-16-11-24(3,4)12-17(27)21(16)20(19)14-9-15(25)22(28)18(10-14)30-5/h9-10,19-20,28H,6-8,11-12H2,1-5H3/t19?,20-/m0/s1. The number of Topliss-reactive ketones (excluding diaryl/α,β-unsaturated/α-hetero) is 1. The maximum absolute atomic E-state index is 13.3. The van der Waals surface area contributed by atoms with Crippen molar-refractivity contribution in [3.05, 3.63) is 33.4 Å². The van der Waals surface area contributed by atoms with Gasteiger partial charge in [-0.2, -0.15) is 0 Å². The number of ketones is 1. The Hall–Kier alpha value is -2.15. The third kappa shape index (κ3) is 4.71. The van der Waals surface area contributed by atoms with Gasteiger partial charge in [0.1, 0.15) is 5.92 Å². The first-order valence-corrected chi connectivity index (χ1v) is 11.4. The van der Waals surface area contributed by atoms with E-state index in [1.54, 1.807) is 12.1 Å². The SMILES string of the molecule is CCCCOC(=O)C1C(C)=NC2=C(C(=O)CC(C)(C)C2)[C@H]1c1cc(Br)c(O)c(OC)c1. The van der Waals surface area contributed by atoms with Gasteiger partial charge >= 0.3 is 5.97 Å².